The number of anilines is 1. The van der Waals surface area contributed by atoms with Gasteiger partial charge in [-0.3, -0.25) is 33.8 Å². The smallest absolute Gasteiger partial charge is 0.235 e. The molecule has 2 fully saturated rings. The van der Waals surface area contributed by atoms with Crippen LogP contribution in [0.2, 0.25) is 0 Å². The molecule has 11 nitrogen and oxygen atoms in total. The van der Waals surface area contributed by atoms with Crippen molar-refractivity contribution in [2.45, 2.75) is 63.9 Å². The van der Waals surface area contributed by atoms with Crippen LogP contribution >= 0.6 is 0 Å². The second-order valence-corrected chi connectivity index (χ2v) is 12.4. The third-order valence-corrected chi connectivity index (χ3v) is 9.80. The van der Waals surface area contributed by atoms with Gasteiger partial charge in [0.2, 0.25) is 5.91 Å². The van der Waals surface area contributed by atoms with Gasteiger partial charge < -0.3 is 20.8 Å². The van der Waals surface area contributed by atoms with E-state index in [0.29, 0.717) is 24.2 Å². The summed E-state index contributed by atoms with van der Waals surface area (Å²) in [4.78, 5) is 72.7. The molecule has 1 aromatic rings. The van der Waals surface area contributed by atoms with Crippen LogP contribution < -0.4 is 10.6 Å². The Labute approximate surface area is 233 Å². The summed E-state index contributed by atoms with van der Waals surface area (Å²) >= 11 is 0. The minimum absolute atomic E-state index is 0.0353. The lowest BCUT2D eigenvalue weighted by atomic mass is 9.52. The zero-order valence-electron chi connectivity index (χ0n) is 23.9. The highest BCUT2D eigenvalue weighted by atomic mass is 16.3. The molecule has 0 radical (unpaired) electrons. The van der Waals surface area contributed by atoms with Crippen LogP contribution in [0.25, 0.3) is 0 Å². The molecule has 0 spiro atoms. The van der Waals surface area contributed by atoms with E-state index in [1.54, 1.807) is 14.1 Å². The van der Waals surface area contributed by atoms with E-state index >= 15 is 0 Å². The van der Waals surface area contributed by atoms with E-state index in [9.17, 15) is 34.2 Å². The van der Waals surface area contributed by atoms with Crippen molar-refractivity contribution in [1.29, 1.82) is 0 Å². The maximum Gasteiger partial charge on any atom is 0.235 e. The molecule has 4 N–H and O–H groups in total. The number of aromatic hydroxyl groups is 1. The van der Waals surface area contributed by atoms with Crippen molar-refractivity contribution in [2.24, 2.45) is 29.4 Å². The molecule has 7 atom stereocenters. The molecule has 1 heterocycles. The molecule has 40 heavy (non-hydrogen) atoms. The normalized spacial score (nSPS) is 32.5. The Bertz CT molecular complexity index is 1350. The number of likely N-dealkylation sites (N-methyl/N-ethyl adjacent to an activating group) is 1. The Hall–Kier alpha value is -3.15. The van der Waals surface area contributed by atoms with Crippen LogP contribution in [-0.4, -0.2) is 94.9 Å². The molecule has 2 saturated carbocycles. The summed E-state index contributed by atoms with van der Waals surface area (Å²) in [6.45, 7) is 5.27. The second kappa shape index (κ2) is 9.46. The predicted molar refractivity (Wildman–Crippen MR) is 145 cm³/mol. The van der Waals surface area contributed by atoms with Gasteiger partial charge in [-0.05, 0) is 57.3 Å². The number of phenols is 1. The third kappa shape index (κ3) is 3.63. The number of amides is 1. The fourth-order valence-corrected chi connectivity index (χ4v) is 7.74. The number of phenolic OH excluding ortho intramolecular Hbond substituents is 1. The molecule has 1 amide bonds. The van der Waals surface area contributed by atoms with Gasteiger partial charge in [-0.25, -0.2) is 0 Å². The topological polar surface area (TPSA) is 162 Å². The van der Waals surface area contributed by atoms with Crippen molar-refractivity contribution in [3.8, 4) is 5.75 Å². The van der Waals surface area contributed by atoms with Crippen LogP contribution in [0.4, 0.5) is 5.69 Å². The Morgan fingerprint density at radius 2 is 1.70 bits per heavy atom. The average molecular weight is 555 g/mol. The standard InChI is InChI=1S/C29H38N4O7/c1-7-12(2)33-10-15-16(11-33)23(34)19-14(21(15)31(3)4)8-13-9-17-22(32(5)6)25(36)20(28(30)39)27(38)29(17,40)26(37)18(13)24(19)35/h12-13,17-18,20,22,34,40H,7-11H2,1-6H3,(H2,30,39)/t12-,13-,17-,18?,20?,22-,29-/m0/s1. The van der Waals surface area contributed by atoms with Gasteiger partial charge in [0.1, 0.15) is 5.75 Å². The molecule has 5 rings (SSSR count). The molecule has 216 valence electrons. The number of carbonyl (C=O) groups is 5. The van der Waals surface area contributed by atoms with E-state index in [0.717, 1.165) is 17.7 Å². The van der Waals surface area contributed by atoms with Gasteiger partial charge in [0.05, 0.1) is 17.5 Å². The molecule has 1 aromatic carbocycles. The molecule has 4 aliphatic rings. The van der Waals surface area contributed by atoms with E-state index in [-0.39, 0.29) is 30.2 Å². The number of carbonyl (C=O) groups excluding carboxylic acids is 5. The minimum atomic E-state index is -2.72. The van der Waals surface area contributed by atoms with Gasteiger partial charge in [-0.15, -0.1) is 0 Å². The molecular formula is C29H38N4O7. The summed E-state index contributed by atoms with van der Waals surface area (Å²) in [5.74, 6) is -10.2. The van der Waals surface area contributed by atoms with E-state index in [4.69, 9.17) is 5.73 Å². The Morgan fingerprint density at radius 3 is 2.25 bits per heavy atom. The summed E-state index contributed by atoms with van der Waals surface area (Å²) in [5, 5.41) is 23.2. The lowest BCUT2D eigenvalue weighted by Gasteiger charge is -2.52. The fraction of sp³-hybridized carbons (Fsp3) is 0.621. The van der Waals surface area contributed by atoms with Crippen molar-refractivity contribution in [3.05, 3.63) is 22.3 Å². The number of rotatable bonds is 5. The van der Waals surface area contributed by atoms with Crippen molar-refractivity contribution in [1.82, 2.24) is 9.80 Å². The number of nitrogens with zero attached hydrogens (tertiary/aromatic N) is 3. The fourth-order valence-electron chi connectivity index (χ4n) is 7.74. The highest BCUT2D eigenvalue weighted by Crippen LogP contribution is 2.54. The quantitative estimate of drug-likeness (QED) is 0.424. The zero-order chi connectivity index (χ0) is 29.6. The van der Waals surface area contributed by atoms with E-state index in [1.165, 1.54) is 4.90 Å². The SMILES string of the molecule is CC[C@H](C)N1Cc2c(O)c3c(c(N(C)C)c2C1)C[C@H]1C[C@H]2[C@H](N(C)C)C(=O)C(C(N)=O)C(=O)[C@@]2(O)C(=O)C1C3=O. The van der Waals surface area contributed by atoms with Crippen molar-refractivity contribution in [2.75, 3.05) is 33.1 Å². The summed E-state index contributed by atoms with van der Waals surface area (Å²) < 4.78 is 0. The molecular weight excluding hydrogens is 516 g/mol. The number of nitrogens with two attached hydrogens (primary N) is 1. The van der Waals surface area contributed by atoms with Gasteiger partial charge in [-0.2, -0.15) is 0 Å². The van der Waals surface area contributed by atoms with Gasteiger partial charge in [0, 0.05) is 50.4 Å². The number of ketones is 4. The number of hydrogen-bond acceptors (Lipinski definition) is 10. The molecule has 1 aliphatic heterocycles. The van der Waals surface area contributed by atoms with Crippen LogP contribution in [0, 0.1) is 23.7 Å². The number of Topliss-reactive ketones (excluding diaryl/α,β-unsaturated/α-hetero) is 4. The first kappa shape index (κ1) is 28.4. The molecule has 11 heteroatoms. The number of benzene rings is 1. The first-order valence-corrected chi connectivity index (χ1v) is 13.8. The van der Waals surface area contributed by atoms with Crippen LogP contribution in [0.5, 0.6) is 5.75 Å². The molecule has 2 unspecified atom stereocenters. The second-order valence-electron chi connectivity index (χ2n) is 12.4. The minimum Gasteiger partial charge on any atom is -0.507 e. The summed E-state index contributed by atoms with van der Waals surface area (Å²) in [5.41, 5.74) is 5.80. The summed E-state index contributed by atoms with van der Waals surface area (Å²) in [6, 6.07) is -0.867. The van der Waals surface area contributed by atoms with Crippen LogP contribution in [-0.2, 0) is 38.7 Å². The predicted octanol–water partition coefficient (Wildman–Crippen LogP) is 0.0471. The largest absolute Gasteiger partial charge is 0.507 e. The Kier molecular flexibility index (Phi) is 6.71. The monoisotopic (exact) mass is 554 g/mol. The van der Waals surface area contributed by atoms with Gasteiger partial charge in [0.25, 0.3) is 0 Å². The van der Waals surface area contributed by atoms with Crippen LogP contribution in [0.1, 0.15) is 53.7 Å². The third-order valence-electron chi connectivity index (χ3n) is 9.80. The number of primary amides is 1. The molecule has 0 saturated heterocycles. The van der Waals surface area contributed by atoms with E-state index < -0.39 is 64.4 Å². The summed E-state index contributed by atoms with van der Waals surface area (Å²) in [7, 11) is 6.90. The van der Waals surface area contributed by atoms with Crippen LogP contribution in [0.3, 0.4) is 0 Å². The number of hydrogen-bond donors (Lipinski definition) is 3. The zero-order valence-corrected chi connectivity index (χ0v) is 23.9. The average Bonchev–Trinajstić information content (AvgIpc) is 3.30. The van der Waals surface area contributed by atoms with E-state index in [1.807, 2.05) is 19.0 Å². The Morgan fingerprint density at radius 1 is 1.07 bits per heavy atom. The van der Waals surface area contributed by atoms with Crippen molar-refractivity contribution >= 4 is 34.7 Å². The van der Waals surface area contributed by atoms with Gasteiger partial charge in [0.15, 0.2) is 34.7 Å². The number of aliphatic hydroxyl groups is 1. The van der Waals surface area contributed by atoms with Crippen molar-refractivity contribution < 1.29 is 34.2 Å². The lowest BCUT2D eigenvalue weighted by Crippen LogP contribution is -2.74. The van der Waals surface area contributed by atoms with Gasteiger partial charge >= 0.3 is 0 Å². The van der Waals surface area contributed by atoms with Crippen molar-refractivity contribution in [3.63, 3.8) is 0 Å². The maximum absolute atomic E-state index is 14.1. The highest BCUT2D eigenvalue weighted by molar-refractivity contribution is 6.32. The van der Waals surface area contributed by atoms with Gasteiger partial charge in [-0.1, -0.05) is 6.92 Å². The number of fused-ring (bicyclic) bond motifs is 4. The highest BCUT2D eigenvalue weighted by Gasteiger charge is 2.69. The molecule has 0 bridgehead atoms. The first-order chi connectivity index (χ1) is 18.7. The Balaban J connectivity index is 1.66. The first-order valence-electron chi connectivity index (χ1n) is 13.8. The summed E-state index contributed by atoms with van der Waals surface area (Å²) in [6.07, 6.45) is 1.20. The maximum atomic E-state index is 14.1. The van der Waals surface area contributed by atoms with E-state index in [2.05, 4.69) is 18.7 Å². The molecule has 3 aliphatic carbocycles. The molecule has 0 aromatic heterocycles. The lowest BCUT2D eigenvalue weighted by molar-refractivity contribution is -0.181. The van der Waals surface area contributed by atoms with Crippen LogP contribution in [0.15, 0.2) is 0 Å².